The quantitative estimate of drug-likeness (QED) is 0.742. The van der Waals surface area contributed by atoms with E-state index in [4.69, 9.17) is 5.73 Å². The van der Waals surface area contributed by atoms with Gasteiger partial charge in [-0.1, -0.05) is 15.9 Å². The number of benzene rings is 1. The molecule has 1 saturated heterocycles. The molecule has 1 atom stereocenters. The van der Waals surface area contributed by atoms with Gasteiger partial charge in [-0.05, 0) is 47.2 Å². The second-order valence-corrected chi connectivity index (χ2v) is 6.00. The minimum Gasteiger partial charge on any atom is -0.337 e. The molecule has 1 unspecified atom stereocenters. The summed E-state index contributed by atoms with van der Waals surface area (Å²) in [5.41, 5.74) is 6.56. The minimum absolute atomic E-state index is 0.0821. The van der Waals surface area contributed by atoms with Crippen molar-refractivity contribution in [3.05, 3.63) is 31.8 Å². The zero-order valence-electron chi connectivity index (χ0n) is 8.62. The summed E-state index contributed by atoms with van der Waals surface area (Å²) in [6.07, 6.45) is 0.899. The third kappa shape index (κ3) is 2.57. The first-order chi connectivity index (χ1) is 7.58. The van der Waals surface area contributed by atoms with Crippen molar-refractivity contribution in [2.45, 2.75) is 12.5 Å². The lowest BCUT2D eigenvalue weighted by Crippen LogP contribution is -2.32. The molecular weight excluding hydrogens is 383 g/mol. The van der Waals surface area contributed by atoms with Crippen LogP contribution in [0.25, 0.3) is 0 Å². The molecule has 1 heterocycles. The van der Waals surface area contributed by atoms with Crippen LogP contribution in [-0.4, -0.2) is 29.9 Å². The van der Waals surface area contributed by atoms with Gasteiger partial charge in [-0.15, -0.1) is 0 Å². The fourth-order valence-electron chi connectivity index (χ4n) is 1.80. The summed E-state index contributed by atoms with van der Waals surface area (Å²) in [6.45, 7) is 1.43. The zero-order valence-corrected chi connectivity index (χ0v) is 12.4. The molecule has 1 aromatic carbocycles. The maximum absolute atomic E-state index is 12.2. The highest BCUT2D eigenvalue weighted by Gasteiger charge is 2.25. The Kier molecular flexibility index (Phi) is 3.86. The molecule has 1 aromatic rings. The Balaban J connectivity index is 2.23. The average Bonchev–Trinajstić information content (AvgIpc) is 2.67. The van der Waals surface area contributed by atoms with Crippen molar-refractivity contribution in [1.29, 1.82) is 0 Å². The van der Waals surface area contributed by atoms with Crippen molar-refractivity contribution in [2.24, 2.45) is 5.73 Å². The van der Waals surface area contributed by atoms with Crippen molar-refractivity contribution in [1.82, 2.24) is 4.90 Å². The molecule has 0 aromatic heterocycles. The smallest absolute Gasteiger partial charge is 0.255 e. The van der Waals surface area contributed by atoms with Crippen molar-refractivity contribution >= 4 is 44.4 Å². The van der Waals surface area contributed by atoms with Crippen molar-refractivity contribution < 1.29 is 4.79 Å². The van der Waals surface area contributed by atoms with E-state index in [1.807, 2.05) is 23.1 Å². The highest BCUT2D eigenvalue weighted by Crippen LogP contribution is 2.21. The first-order valence-electron chi connectivity index (χ1n) is 5.08. The van der Waals surface area contributed by atoms with Gasteiger partial charge >= 0.3 is 0 Å². The first-order valence-corrected chi connectivity index (χ1v) is 6.95. The van der Waals surface area contributed by atoms with E-state index in [1.54, 1.807) is 0 Å². The number of carbonyl (C=O) groups excluding carboxylic acids is 1. The van der Waals surface area contributed by atoms with Crippen molar-refractivity contribution in [3.63, 3.8) is 0 Å². The normalized spacial score (nSPS) is 20.2. The van der Waals surface area contributed by atoms with Crippen LogP contribution in [0, 0.1) is 3.57 Å². The van der Waals surface area contributed by atoms with E-state index in [-0.39, 0.29) is 11.9 Å². The Bertz CT molecular complexity index is 424. The lowest BCUT2D eigenvalue weighted by Gasteiger charge is -2.16. The van der Waals surface area contributed by atoms with Crippen LogP contribution in [0.2, 0.25) is 0 Å². The molecule has 0 aliphatic carbocycles. The monoisotopic (exact) mass is 394 g/mol. The molecule has 16 heavy (non-hydrogen) atoms. The average molecular weight is 395 g/mol. The number of nitrogens with two attached hydrogens (primary N) is 1. The Labute approximate surface area is 117 Å². The predicted octanol–water partition coefficient (Wildman–Crippen LogP) is 2.23. The molecule has 0 spiro atoms. The fraction of sp³-hybridized carbons (Fsp3) is 0.364. The molecule has 2 rings (SSSR count). The molecule has 5 heteroatoms. The number of hydrogen-bond acceptors (Lipinski definition) is 2. The summed E-state index contributed by atoms with van der Waals surface area (Å²) in [6, 6.07) is 5.88. The molecule has 0 bridgehead atoms. The summed E-state index contributed by atoms with van der Waals surface area (Å²) >= 11 is 5.57. The Morgan fingerprint density at radius 1 is 1.56 bits per heavy atom. The van der Waals surface area contributed by atoms with Gasteiger partial charge in [0.15, 0.2) is 0 Å². The summed E-state index contributed by atoms with van der Waals surface area (Å²) in [5.74, 6) is 0.0821. The molecule has 0 saturated carbocycles. The van der Waals surface area contributed by atoms with Crippen LogP contribution in [-0.2, 0) is 0 Å². The third-order valence-electron chi connectivity index (χ3n) is 2.67. The molecule has 2 N–H and O–H groups in total. The second kappa shape index (κ2) is 5.01. The summed E-state index contributed by atoms with van der Waals surface area (Å²) in [4.78, 5) is 14.0. The number of amides is 1. The highest BCUT2D eigenvalue weighted by molar-refractivity contribution is 14.1. The second-order valence-electron chi connectivity index (χ2n) is 3.92. The molecule has 1 aliphatic heterocycles. The summed E-state index contributed by atoms with van der Waals surface area (Å²) in [5, 5.41) is 0. The largest absolute Gasteiger partial charge is 0.337 e. The minimum atomic E-state index is 0.0821. The van der Waals surface area contributed by atoms with Crippen LogP contribution in [0.3, 0.4) is 0 Å². The first kappa shape index (κ1) is 12.3. The summed E-state index contributed by atoms with van der Waals surface area (Å²) in [7, 11) is 0. The van der Waals surface area contributed by atoms with Gasteiger partial charge in [0.25, 0.3) is 5.91 Å². The highest BCUT2D eigenvalue weighted by atomic mass is 127. The number of hydrogen-bond donors (Lipinski definition) is 1. The number of rotatable bonds is 1. The van der Waals surface area contributed by atoms with Crippen molar-refractivity contribution in [3.8, 4) is 0 Å². The van der Waals surface area contributed by atoms with E-state index in [9.17, 15) is 4.79 Å². The van der Waals surface area contributed by atoms with Gasteiger partial charge in [-0.25, -0.2) is 0 Å². The van der Waals surface area contributed by atoms with Crippen LogP contribution in [0.1, 0.15) is 16.8 Å². The van der Waals surface area contributed by atoms with E-state index in [2.05, 4.69) is 38.5 Å². The molecule has 0 radical (unpaired) electrons. The van der Waals surface area contributed by atoms with Gasteiger partial charge in [0.05, 0.1) is 5.56 Å². The fourth-order valence-corrected chi connectivity index (χ4v) is 2.73. The maximum Gasteiger partial charge on any atom is 0.255 e. The molecule has 1 aliphatic rings. The Hall–Kier alpha value is -0.140. The number of nitrogens with zero attached hydrogens (tertiary/aromatic N) is 1. The SMILES string of the molecule is NC1CCN(C(=O)c2cc(Br)ccc2I)C1. The molecule has 86 valence electrons. The topological polar surface area (TPSA) is 46.3 Å². The van der Waals surface area contributed by atoms with Crippen molar-refractivity contribution in [2.75, 3.05) is 13.1 Å². The van der Waals surface area contributed by atoms with Gasteiger partial charge in [0.1, 0.15) is 0 Å². The molecular formula is C11H12BrIN2O. The third-order valence-corrected chi connectivity index (χ3v) is 4.10. The number of halogens is 2. The lowest BCUT2D eigenvalue weighted by atomic mass is 10.2. The van der Waals surface area contributed by atoms with Crippen LogP contribution in [0.5, 0.6) is 0 Å². The van der Waals surface area contributed by atoms with E-state index in [0.717, 1.165) is 26.6 Å². The molecule has 3 nitrogen and oxygen atoms in total. The van der Waals surface area contributed by atoms with E-state index >= 15 is 0 Å². The summed E-state index contributed by atoms with van der Waals surface area (Å²) < 4.78 is 1.91. The Morgan fingerprint density at radius 3 is 2.94 bits per heavy atom. The van der Waals surface area contributed by atoms with Gasteiger partial charge in [0, 0.05) is 27.2 Å². The predicted molar refractivity (Wildman–Crippen MR) is 75.4 cm³/mol. The molecule has 1 fully saturated rings. The van der Waals surface area contributed by atoms with E-state index < -0.39 is 0 Å². The lowest BCUT2D eigenvalue weighted by molar-refractivity contribution is 0.0790. The number of likely N-dealkylation sites (tertiary alicyclic amines) is 1. The standard InChI is InChI=1S/C11H12BrIN2O/c12-7-1-2-10(13)9(5-7)11(16)15-4-3-8(14)6-15/h1-2,5,8H,3-4,6,14H2. The van der Waals surface area contributed by atoms with E-state index in [0.29, 0.717) is 6.54 Å². The molecule has 1 amide bonds. The maximum atomic E-state index is 12.2. The van der Waals surface area contributed by atoms with E-state index in [1.165, 1.54) is 0 Å². The van der Waals surface area contributed by atoms with Gasteiger partial charge in [-0.2, -0.15) is 0 Å². The van der Waals surface area contributed by atoms with Gasteiger partial charge in [-0.3, -0.25) is 4.79 Å². The van der Waals surface area contributed by atoms with Crippen LogP contribution >= 0.6 is 38.5 Å². The Morgan fingerprint density at radius 2 is 2.31 bits per heavy atom. The van der Waals surface area contributed by atoms with Crippen LogP contribution < -0.4 is 5.73 Å². The van der Waals surface area contributed by atoms with Crippen LogP contribution in [0.15, 0.2) is 22.7 Å². The zero-order chi connectivity index (χ0) is 11.7. The van der Waals surface area contributed by atoms with Crippen LogP contribution in [0.4, 0.5) is 0 Å². The number of carbonyl (C=O) groups is 1. The van der Waals surface area contributed by atoms with Gasteiger partial charge < -0.3 is 10.6 Å². The van der Waals surface area contributed by atoms with Gasteiger partial charge in [0.2, 0.25) is 0 Å².